The van der Waals surface area contributed by atoms with Gasteiger partial charge in [0.15, 0.2) is 11.0 Å². The Kier molecular flexibility index (Phi) is 6.48. The number of halogens is 1. The van der Waals surface area contributed by atoms with E-state index < -0.39 is 0 Å². The lowest BCUT2D eigenvalue weighted by Gasteiger charge is -2.08. The average Bonchev–Trinajstić information content (AvgIpc) is 3.60. The van der Waals surface area contributed by atoms with Crippen molar-refractivity contribution >= 4 is 34.7 Å². The second-order valence-corrected chi connectivity index (χ2v) is 9.35. The summed E-state index contributed by atoms with van der Waals surface area (Å²) in [5.41, 5.74) is 2.91. The topological polar surface area (TPSA) is 66.0 Å². The first-order valence-corrected chi connectivity index (χ1v) is 12.4. The Balaban J connectivity index is 1.39. The molecule has 0 saturated heterocycles. The van der Waals surface area contributed by atoms with E-state index in [0.717, 1.165) is 44.3 Å². The molecule has 5 rings (SSSR count). The van der Waals surface area contributed by atoms with Crippen LogP contribution < -0.4 is 4.74 Å². The summed E-state index contributed by atoms with van der Waals surface area (Å²) in [6.07, 6.45) is 1.67. The molecule has 0 amide bonds. The van der Waals surface area contributed by atoms with Crippen LogP contribution in [-0.2, 0) is 12.3 Å². The molecule has 33 heavy (non-hydrogen) atoms. The number of nitrogens with zero attached hydrogens (tertiary/aromatic N) is 4. The van der Waals surface area contributed by atoms with Gasteiger partial charge in [-0.1, -0.05) is 35.5 Å². The molecule has 0 unspecified atom stereocenters. The Morgan fingerprint density at radius 2 is 1.91 bits per heavy atom. The number of thioether (sulfide) groups is 1. The summed E-state index contributed by atoms with van der Waals surface area (Å²) in [5.74, 6) is 3.08. The van der Waals surface area contributed by atoms with E-state index in [-0.39, 0.29) is 0 Å². The Hall–Kier alpha value is -3.07. The van der Waals surface area contributed by atoms with E-state index in [9.17, 15) is 0 Å². The summed E-state index contributed by atoms with van der Waals surface area (Å²) in [5, 5.41) is 13.4. The summed E-state index contributed by atoms with van der Waals surface area (Å²) in [7, 11) is 1.67. The van der Waals surface area contributed by atoms with E-state index in [1.165, 1.54) is 0 Å². The normalized spacial score (nSPS) is 11.1. The van der Waals surface area contributed by atoms with Gasteiger partial charge in [0.2, 0.25) is 0 Å². The van der Waals surface area contributed by atoms with E-state index in [1.54, 1.807) is 36.5 Å². The van der Waals surface area contributed by atoms with Gasteiger partial charge in [0.05, 0.1) is 31.2 Å². The number of furan rings is 1. The zero-order chi connectivity index (χ0) is 22.6. The van der Waals surface area contributed by atoms with Crippen LogP contribution in [0.3, 0.4) is 0 Å². The van der Waals surface area contributed by atoms with Gasteiger partial charge in [-0.3, -0.25) is 4.57 Å². The average molecular weight is 495 g/mol. The van der Waals surface area contributed by atoms with Crippen LogP contribution in [0.25, 0.3) is 22.0 Å². The molecule has 0 spiro atoms. The van der Waals surface area contributed by atoms with Crippen LogP contribution >= 0.6 is 34.7 Å². The third kappa shape index (κ3) is 4.83. The summed E-state index contributed by atoms with van der Waals surface area (Å²) in [6.45, 7) is 0.532. The smallest absolute Gasteiger partial charge is 0.192 e. The molecule has 0 radical (unpaired) electrons. The van der Waals surface area contributed by atoms with Crippen molar-refractivity contribution in [3.63, 3.8) is 0 Å². The molecular weight excluding hydrogens is 476 g/mol. The minimum atomic E-state index is 0.532. The van der Waals surface area contributed by atoms with E-state index in [4.69, 9.17) is 25.7 Å². The maximum atomic E-state index is 6.07. The van der Waals surface area contributed by atoms with Gasteiger partial charge in [-0.05, 0) is 48.5 Å². The number of ether oxygens (including phenoxy) is 1. The second kappa shape index (κ2) is 9.82. The molecule has 0 aliphatic heterocycles. The van der Waals surface area contributed by atoms with E-state index >= 15 is 0 Å². The molecule has 0 atom stereocenters. The second-order valence-electron chi connectivity index (χ2n) is 7.11. The number of aromatic nitrogens is 4. The van der Waals surface area contributed by atoms with Crippen LogP contribution in [0.15, 0.2) is 81.9 Å². The van der Waals surface area contributed by atoms with Gasteiger partial charge in [0.1, 0.15) is 16.5 Å². The summed E-state index contributed by atoms with van der Waals surface area (Å²) >= 11 is 9.26. The van der Waals surface area contributed by atoms with E-state index in [0.29, 0.717) is 17.3 Å². The maximum absolute atomic E-state index is 6.07. The van der Waals surface area contributed by atoms with Gasteiger partial charge in [0.25, 0.3) is 0 Å². The van der Waals surface area contributed by atoms with Crippen molar-refractivity contribution in [2.75, 3.05) is 7.11 Å². The fourth-order valence-electron chi connectivity index (χ4n) is 3.37. The molecule has 0 aliphatic rings. The van der Waals surface area contributed by atoms with Crippen LogP contribution in [0.5, 0.6) is 5.75 Å². The highest BCUT2D eigenvalue weighted by Crippen LogP contribution is 2.34. The number of rotatable bonds is 8. The van der Waals surface area contributed by atoms with Crippen molar-refractivity contribution in [3.05, 3.63) is 88.8 Å². The molecular formula is C24H19ClN4O2S2. The van der Waals surface area contributed by atoms with E-state index in [2.05, 4.69) is 20.1 Å². The van der Waals surface area contributed by atoms with Crippen LogP contribution in [0.4, 0.5) is 0 Å². The first-order chi connectivity index (χ1) is 16.2. The lowest BCUT2D eigenvalue weighted by atomic mass is 10.2. The molecule has 3 heterocycles. The fourth-order valence-corrected chi connectivity index (χ4v) is 5.28. The molecule has 6 nitrogen and oxygen atoms in total. The predicted molar refractivity (Wildman–Crippen MR) is 132 cm³/mol. The minimum absolute atomic E-state index is 0.532. The number of methoxy groups -OCH3 is 1. The van der Waals surface area contributed by atoms with Gasteiger partial charge >= 0.3 is 0 Å². The van der Waals surface area contributed by atoms with Crippen molar-refractivity contribution in [3.8, 4) is 27.7 Å². The molecule has 166 valence electrons. The quantitative estimate of drug-likeness (QED) is 0.224. The number of hydrogen-bond acceptors (Lipinski definition) is 7. The van der Waals surface area contributed by atoms with Crippen molar-refractivity contribution in [1.29, 1.82) is 0 Å². The third-order valence-corrected chi connectivity index (χ3v) is 7.13. The highest BCUT2D eigenvalue weighted by molar-refractivity contribution is 7.98. The summed E-state index contributed by atoms with van der Waals surface area (Å²) in [4.78, 5) is 4.81. The van der Waals surface area contributed by atoms with Crippen LogP contribution in [-0.4, -0.2) is 26.9 Å². The Labute approximate surface area is 204 Å². The van der Waals surface area contributed by atoms with Crippen LogP contribution in [0.1, 0.15) is 11.5 Å². The monoisotopic (exact) mass is 494 g/mol. The van der Waals surface area contributed by atoms with Gasteiger partial charge in [-0.2, -0.15) is 0 Å². The highest BCUT2D eigenvalue weighted by atomic mass is 35.5. The van der Waals surface area contributed by atoms with E-state index in [1.807, 2.05) is 60.7 Å². The van der Waals surface area contributed by atoms with Crippen molar-refractivity contribution < 1.29 is 9.15 Å². The third-order valence-electron chi connectivity index (χ3n) is 4.95. The number of para-hydroxylation sites is 1. The summed E-state index contributed by atoms with van der Waals surface area (Å²) in [6, 6.07) is 19.3. The number of hydrogen-bond donors (Lipinski definition) is 0. The molecule has 0 bridgehead atoms. The Bertz CT molecular complexity index is 1350. The SMILES string of the molecule is COc1ccccc1-c1nc(CSc2nnc(-c3ccc(Cl)cc3)n2Cc2ccco2)cs1. The zero-order valence-corrected chi connectivity index (χ0v) is 20.0. The van der Waals surface area contributed by atoms with Gasteiger partial charge in [-0.25, -0.2) is 4.98 Å². The van der Waals surface area contributed by atoms with Crippen LogP contribution in [0.2, 0.25) is 5.02 Å². The molecule has 0 aliphatic carbocycles. The first-order valence-electron chi connectivity index (χ1n) is 10.1. The molecule has 0 N–H and O–H groups in total. The van der Waals surface area contributed by atoms with Crippen LogP contribution in [0, 0.1) is 0 Å². The number of thiazole rings is 1. The van der Waals surface area contributed by atoms with Gasteiger partial charge in [0, 0.05) is 21.7 Å². The largest absolute Gasteiger partial charge is 0.496 e. The van der Waals surface area contributed by atoms with Crippen molar-refractivity contribution in [1.82, 2.24) is 19.7 Å². The predicted octanol–water partition coefficient (Wildman–Crippen LogP) is 6.66. The summed E-state index contributed by atoms with van der Waals surface area (Å²) < 4.78 is 13.1. The molecule has 0 saturated carbocycles. The molecule has 2 aromatic carbocycles. The Morgan fingerprint density at radius 3 is 2.70 bits per heavy atom. The van der Waals surface area contributed by atoms with Gasteiger partial charge < -0.3 is 9.15 Å². The Morgan fingerprint density at radius 1 is 1.06 bits per heavy atom. The minimum Gasteiger partial charge on any atom is -0.496 e. The lowest BCUT2D eigenvalue weighted by molar-refractivity contribution is 0.416. The highest BCUT2D eigenvalue weighted by Gasteiger charge is 2.17. The fraction of sp³-hybridized carbons (Fsp3) is 0.125. The zero-order valence-electron chi connectivity index (χ0n) is 17.6. The molecule has 5 aromatic rings. The number of benzene rings is 2. The molecule has 9 heteroatoms. The molecule has 0 fully saturated rings. The van der Waals surface area contributed by atoms with Crippen molar-refractivity contribution in [2.45, 2.75) is 17.5 Å². The standard InChI is InChI=1S/C24H19ClN4O2S2/c1-30-21-7-3-2-6-20(21)23-26-18(14-32-23)15-33-24-28-27-22(16-8-10-17(25)11-9-16)29(24)13-19-5-4-12-31-19/h2-12,14H,13,15H2,1H3. The van der Waals surface area contributed by atoms with Crippen molar-refractivity contribution in [2.24, 2.45) is 0 Å². The first kappa shape index (κ1) is 21.8. The molecule has 3 aromatic heterocycles. The maximum Gasteiger partial charge on any atom is 0.192 e. The van der Waals surface area contributed by atoms with Gasteiger partial charge in [-0.15, -0.1) is 21.5 Å². The lowest BCUT2D eigenvalue weighted by Crippen LogP contribution is -2.03.